The molecule has 0 atom stereocenters. The Morgan fingerprint density at radius 3 is 2.88 bits per heavy atom. The fourth-order valence-corrected chi connectivity index (χ4v) is 1.91. The smallest absolute Gasteiger partial charge is 0.214 e. The Balaban J connectivity index is 1.95. The maximum atomic E-state index is 9.37. The Bertz CT molecular complexity index is 535. The van der Waals surface area contributed by atoms with Gasteiger partial charge in [-0.15, -0.1) is 0 Å². The SMILES string of the molecule is OCc1cc(OCC2CC2)nc2ccccc12. The molecule has 2 aromatic rings. The molecule has 17 heavy (non-hydrogen) atoms. The van der Waals surface area contributed by atoms with Crippen molar-refractivity contribution in [3.8, 4) is 5.88 Å². The van der Waals surface area contributed by atoms with Crippen LogP contribution in [-0.4, -0.2) is 16.7 Å². The van der Waals surface area contributed by atoms with Crippen molar-refractivity contribution in [1.82, 2.24) is 4.98 Å². The highest BCUT2D eigenvalue weighted by Gasteiger charge is 2.22. The van der Waals surface area contributed by atoms with Crippen LogP contribution in [0.3, 0.4) is 0 Å². The molecule has 1 N–H and O–H groups in total. The number of aliphatic hydroxyl groups is 1. The number of aromatic nitrogens is 1. The van der Waals surface area contributed by atoms with Crippen LogP contribution in [0.15, 0.2) is 30.3 Å². The van der Waals surface area contributed by atoms with Gasteiger partial charge in [0.2, 0.25) is 5.88 Å². The number of pyridine rings is 1. The lowest BCUT2D eigenvalue weighted by molar-refractivity contribution is 0.275. The lowest BCUT2D eigenvalue weighted by atomic mass is 10.1. The second-order valence-corrected chi connectivity index (χ2v) is 4.55. The highest BCUT2D eigenvalue weighted by Crippen LogP contribution is 2.30. The first-order chi connectivity index (χ1) is 8.36. The first-order valence-electron chi connectivity index (χ1n) is 5.99. The van der Waals surface area contributed by atoms with Gasteiger partial charge in [-0.3, -0.25) is 0 Å². The summed E-state index contributed by atoms with van der Waals surface area (Å²) in [4.78, 5) is 4.45. The van der Waals surface area contributed by atoms with Gasteiger partial charge >= 0.3 is 0 Å². The van der Waals surface area contributed by atoms with E-state index in [1.807, 2.05) is 30.3 Å². The summed E-state index contributed by atoms with van der Waals surface area (Å²) in [6.45, 7) is 0.763. The van der Waals surface area contributed by atoms with Crippen LogP contribution >= 0.6 is 0 Å². The first kappa shape index (κ1) is 10.5. The predicted octanol–water partition coefficient (Wildman–Crippen LogP) is 2.52. The van der Waals surface area contributed by atoms with Crippen LogP contribution in [0, 0.1) is 5.92 Å². The molecule has 3 rings (SSSR count). The normalized spacial score (nSPS) is 15.1. The van der Waals surface area contributed by atoms with Crippen LogP contribution in [0.2, 0.25) is 0 Å². The maximum Gasteiger partial charge on any atom is 0.214 e. The molecule has 0 aliphatic heterocycles. The van der Waals surface area contributed by atoms with Gasteiger partial charge in [0, 0.05) is 11.5 Å². The molecule has 0 bridgehead atoms. The van der Waals surface area contributed by atoms with Crippen molar-refractivity contribution >= 4 is 10.9 Å². The second-order valence-electron chi connectivity index (χ2n) is 4.55. The number of benzene rings is 1. The van der Waals surface area contributed by atoms with Crippen LogP contribution < -0.4 is 4.74 Å². The molecule has 3 nitrogen and oxygen atoms in total. The molecular formula is C14H15NO2. The van der Waals surface area contributed by atoms with Crippen LogP contribution in [0.4, 0.5) is 0 Å². The van der Waals surface area contributed by atoms with E-state index in [1.54, 1.807) is 0 Å². The molecule has 1 aliphatic carbocycles. The summed E-state index contributed by atoms with van der Waals surface area (Å²) in [7, 11) is 0. The molecule has 1 aromatic carbocycles. The number of nitrogens with zero attached hydrogens (tertiary/aromatic N) is 1. The van der Waals surface area contributed by atoms with E-state index in [0.717, 1.165) is 23.1 Å². The average molecular weight is 229 g/mol. The fourth-order valence-electron chi connectivity index (χ4n) is 1.91. The van der Waals surface area contributed by atoms with Crippen molar-refractivity contribution in [2.24, 2.45) is 5.92 Å². The standard InChI is InChI=1S/C14H15NO2/c16-8-11-7-14(17-9-10-5-6-10)15-13-4-2-1-3-12(11)13/h1-4,7,10,16H,5-6,8-9H2. The maximum absolute atomic E-state index is 9.37. The molecule has 0 radical (unpaired) electrons. The Morgan fingerprint density at radius 1 is 1.29 bits per heavy atom. The van der Waals surface area contributed by atoms with Gasteiger partial charge in [-0.05, 0) is 30.4 Å². The van der Waals surface area contributed by atoms with Crippen molar-refractivity contribution in [2.75, 3.05) is 6.61 Å². The summed E-state index contributed by atoms with van der Waals surface area (Å²) >= 11 is 0. The van der Waals surface area contributed by atoms with Crippen molar-refractivity contribution in [3.05, 3.63) is 35.9 Å². The van der Waals surface area contributed by atoms with Gasteiger partial charge in [0.15, 0.2) is 0 Å². The summed E-state index contributed by atoms with van der Waals surface area (Å²) in [5, 5.41) is 10.4. The quantitative estimate of drug-likeness (QED) is 0.876. The highest BCUT2D eigenvalue weighted by molar-refractivity contribution is 5.82. The van der Waals surface area contributed by atoms with Crippen LogP contribution in [0.1, 0.15) is 18.4 Å². The van der Waals surface area contributed by atoms with Crippen LogP contribution in [0.5, 0.6) is 5.88 Å². The summed E-state index contributed by atoms with van der Waals surface area (Å²) in [5.41, 5.74) is 1.76. The molecule has 1 heterocycles. The Morgan fingerprint density at radius 2 is 2.12 bits per heavy atom. The average Bonchev–Trinajstić information content (AvgIpc) is 3.19. The lowest BCUT2D eigenvalue weighted by Crippen LogP contribution is -2.02. The molecular weight excluding hydrogens is 214 g/mol. The van der Waals surface area contributed by atoms with Gasteiger partial charge in [-0.25, -0.2) is 4.98 Å². The zero-order valence-electron chi connectivity index (χ0n) is 9.60. The number of ether oxygens (including phenoxy) is 1. The number of hydrogen-bond donors (Lipinski definition) is 1. The first-order valence-corrected chi connectivity index (χ1v) is 5.99. The Labute approximate surface area is 100 Å². The van der Waals surface area contributed by atoms with E-state index in [9.17, 15) is 5.11 Å². The molecule has 0 unspecified atom stereocenters. The number of aliphatic hydroxyl groups excluding tert-OH is 1. The zero-order valence-corrected chi connectivity index (χ0v) is 9.60. The van der Waals surface area contributed by atoms with E-state index in [4.69, 9.17) is 4.74 Å². The van der Waals surface area contributed by atoms with E-state index in [0.29, 0.717) is 11.8 Å². The number of fused-ring (bicyclic) bond motifs is 1. The second kappa shape index (κ2) is 4.34. The van der Waals surface area contributed by atoms with Crippen molar-refractivity contribution in [2.45, 2.75) is 19.4 Å². The van der Waals surface area contributed by atoms with Gasteiger partial charge in [-0.2, -0.15) is 0 Å². The Hall–Kier alpha value is -1.61. The van der Waals surface area contributed by atoms with E-state index in [-0.39, 0.29) is 6.61 Å². The Kier molecular flexibility index (Phi) is 2.69. The number of rotatable bonds is 4. The molecule has 1 aliphatic rings. The summed E-state index contributed by atoms with van der Waals surface area (Å²) in [6, 6.07) is 9.65. The van der Waals surface area contributed by atoms with Gasteiger partial charge in [0.25, 0.3) is 0 Å². The molecule has 3 heteroatoms. The molecule has 1 aromatic heterocycles. The number of hydrogen-bond acceptors (Lipinski definition) is 3. The third-order valence-electron chi connectivity index (χ3n) is 3.11. The third-order valence-corrected chi connectivity index (χ3v) is 3.11. The number of para-hydroxylation sites is 1. The van der Waals surface area contributed by atoms with Crippen LogP contribution in [0.25, 0.3) is 10.9 Å². The van der Waals surface area contributed by atoms with Gasteiger partial charge in [0.05, 0.1) is 18.7 Å². The van der Waals surface area contributed by atoms with Crippen LogP contribution in [-0.2, 0) is 6.61 Å². The van der Waals surface area contributed by atoms with Crippen molar-refractivity contribution in [3.63, 3.8) is 0 Å². The van der Waals surface area contributed by atoms with E-state index < -0.39 is 0 Å². The summed E-state index contributed by atoms with van der Waals surface area (Å²) in [5.74, 6) is 1.33. The summed E-state index contributed by atoms with van der Waals surface area (Å²) in [6.07, 6.45) is 2.53. The zero-order chi connectivity index (χ0) is 11.7. The minimum Gasteiger partial charge on any atom is -0.477 e. The van der Waals surface area contributed by atoms with E-state index in [2.05, 4.69) is 4.98 Å². The highest BCUT2D eigenvalue weighted by atomic mass is 16.5. The van der Waals surface area contributed by atoms with E-state index in [1.165, 1.54) is 12.8 Å². The summed E-state index contributed by atoms with van der Waals surface area (Å²) < 4.78 is 5.66. The molecule has 1 saturated carbocycles. The molecule has 1 fully saturated rings. The molecule has 0 amide bonds. The van der Waals surface area contributed by atoms with Gasteiger partial charge in [0.1, 0.15) is 0 Å². The molecule has 88 valence electrons. The fraction of sp³-hybridized carbons (Fsp3) is 0.357. The minimum atomic E-state index is 0.0167. The lowest BCUT2D eigenvalue weighted by Gasteiger charge is -2.08. The van der Waals surface area contributed by atoms with Crippen molar-refractivity contribution in [1.29, 1.82) is 0 Å². The topological polar surface area (TPSA) is 42.4 Å². The largest absolute Gasteiger partial charge is 0.477 e. The molecule has 0 spiro atoms. The monoisotopic (exact) mass is 229 g/mol. The predicted molar refractivity (Wildman–Crippen MR) is 65.9 cm³/mol. The minimum absolute atomic E-state index is 0.0167. The van der Waals surface area contributed by atoms with Gasteiger partial charge < -0.3 is 9.84 Å². The third kappa shape index (κ3) is 2.24. The van der Waals surface area contributed by atoms with Crippen molar-refractivity contribution < 1.29 is 9.84 Å². The van der Waals surface area contributed by atoms with Gasteiger partial charge in [-0.1, -0.05) is 18.2 Å². The molecule has 0 saturated heterocycles. The van der Waals surface area contributed by atoms with E-state index >= 15 is 0 Å².